The van der Waals surface area contributed by atoms with Gasteiger partial charge in [-0.25, -0.2) is 9.13 Å². The van der Waals surface area contributed by atoms with E-state index in [0.29, 0.717) is 32.1 Å². The second-order valence-corrected chi connectivity index (χ2v) is 30.2. The standard InChI is InChI=1S/C91H148O17P2/c1-5-9-13-17-21-25-29-33-37-40-42-45-48-51-55-59-63-67-71-75-88(93)101-81-86(107-90(95)77-73-69-65-61-57-53-47-36-32-28-24-20-16-12-8-4)83-105-109(97,98)103-79-85(92)80-104-110(99,100)106-84-87(108-91(96)78-74-70-66-62-58-54-50-44-39-35-31-27-23-19-15-11-7-3)82-102-89(94)76-72-68-64-60-56-52-49-46-43-41-38-34-30-26-22-18-14-10-6-2/h9,11,13,15,21-28,33-39,42-43,45-47,50-51,54-55,62,66,85-87,92H,5-8,10,12,14,16-20,29-32,40-41,44,48-49,52-53,56-61,63-65,67-84H2,1-4H3,(H,97,98)(H,99,100)/b13-9-,15-11-,25-21-,26-22-,27-23-,28-24-,37-33-,38-34-,39-35-,45-42-,46-43-,47-36-,54-50-,55-51-,66-62-. The van der Waals surface area contributed by atoms with E-state index < -0.39 is 97.5 Å². The van der Waals surface area contributed by atoms with Crippen molar-refractivity contribution in [3.63, 3.8) is 0 Å². The van der Waals surface area contributed by atoms with Gasteiger partial charge in [0.05, 0.1) is 26.4 Å². The van der Waals surface area contributed by atoms with Gasteiger partial charge in [-0.3, -0.25) is 37.3 Å². The predicted molar refractivity (Wildman–Crippen MR) is 454 cm³/mol. The largest absolute Gasteiger partial charge is 0.472 e. The summed E-state index contributed by atoms with van der Waals surface area (Å²) in [5.74, 6) is -2.32. The third-order valence-corrected chi connectivity index (χ3v) is 18.7. The Bertz CT molecular complexity index is 2800. The monoisotopic (exact) mass is 1580 g/mol. The van der Waals surface area contributed by atoms with Crippen molar-refractivity contribution >= 4 is 39.5 Å². The lowest BCUT2D eigenvalue weighted by atomic mass is 10.1. The van der Waals surface area contributed by atoms with Crippen LogP contribution in [0.4, 0.5) is 0 Å². The van der Waals surface area contributed by atoms with Crippen LogP contribution in [0.2, 0.25) is 0 Å². The zero-order valence-electron chi connectivity index (χ0n) is 68.4. The van der Waals surface area contributed by atoms with Gasteiger partial charge in [0, 0.05) is 25.7 Å². The lowest BCUT2D eigenvalue weighted by Gasteiger charge is -2.21. The zero-order chi connectivity index (χ0) is 80.3. The Morgan fingerprint density at radius 2 is 0.482 bits per heavy atom. The van der Waals surface area contributed by atoms with Crippen LogP contribution in [0.1, 0.15) is 310 Å². The van der Waals surface area contributed by atoms with Crippen LogP contribution in [0.15, 0.2) is 182 Å². The zero-order valence-corrected chi connectivity index (χ0v) is 70.1. The van der Waals surface area contributed by atoms with Gasteiger partial charge in [0.15, 0.2) is 12.2 Å². The molecule has 5 atom stereocenters. The van der Waals surface area contributed by atoms with Crippen LogP contribution in [-0.4, -0.2) is 96.7 Å². The molecule has 17 nitrogen and oxygen atoms in total. The fourth-order valence-electron chi connectivity index (χ4n) is 10.5. The highest BCUT2D eigenvalue weighted by Crippen LogP contribution is 2.45. The number of hydrogen-bond donors (Lipinski definition) is 3. The summed E-state index contributed by atoms with van der Waals surface area (Å²) in [4.78, 5) is 73.2. The summed E-state index contributed by atoms with van der Waals surface area (Å²) in [6.45, 7) is 4.46. The molecule has 0 radical (unpaired) electrons. The molecule has 110 heavy (non-hydrogen) atoms. The number of allylic oxidation sites excluding steroid dienone is 30. The lowest BCUT2D eigenvalue weighted by Crippen LogP contribution is -2.30. The Hall–Kier alpha value is -5.84. The fraction of sp³-hybridized carbons (Fsp3) is 0.626. The van der Waals surface area contributed by atoms with E-state index in [-0.39, 0.29) is 25.7 Å². The molecule has 0 aromatic carbocycles. The number of aliphatic hydroxyl groups excluding tert-OH is 1. The van der Waals surface area contributed by atoms with E-state index in [2.05, 4.69) is 198 Å². The molecule has 0 aromatic heterocycles. The van der Waals surface area contributed by atoms with E-state index in [0.717, 1.165) is 186 Å². The summed E-state index contributed by atoms with van der Waals surface area (Å²) >= 11 is 0. The Balaban J connectivity index is 5.49. The van der Waals surface area contributed by atoms with Gasteiger partial charge in [0.1, 0.15) is 19.3 Å². The quantitative estimate of drug-likeness (QED) is 0.0169. The summed E-state index contributed by atoms with van der Waals surface area (Å²) in [5, 5.41) is 10.7. The van der Waals surface area contributed by atoms with Crippen molar-refractivity contribution in [1.29, 1.82) is 0 Å². The second-order valence-electron chi connectivity index (χ2n) is 27.3. The van der Waals surface area contributed by atoms with Crippen LogP contribution in [0.5, 0.6) is 0 Å². The number of esters is 4. The molecule has 0 heterocycles. The van der Waals surface area contributed by atoms with Crippen LogP contribution >= 0.6 is 15.6 Å². The Morgan fingerprint density at radius 3 is 0.773 bits per heavy atom. The Kier molecular flexibility index (Phi) is 76.9. The molecule has 0 fully saturated rings. The molecule has 0 bridgehead atoms. The molecule has 5 unspecified atom stereocenters. The minimum absolute atomic E-state index is 0.00617. The minimum Gasteiger partial charge on any atom is -0.462 e. The summed E-state index contributed by atoms with van der Waals surface area (Å²) in [6, 6.07) is 0. The van der Waals surface area contributed by atoms with E-state index in [1.807, 2.05) is 12.2 Å². The van der Waals surface area contributed by atoms with Gasteiger partial charge in [0.2, 0.25) is 0 Å². The van der Waals surface area contributed by atoms with E-state index in [1.54, 1.807) is 0 Å². The normalized spacial score (nSPS) is 14.7. The van der Waals surface area contributed by atoms with E-state index in [4.69, 9.17) is 37.0 Å². The van der Waals surface area contributed by atoms with Crippen LogP contribution in [0, 0.1) is 0 Å². The summed E-state index contributed by atoms with van der Waals surface area (Å²) in [5.41, 5.74) is 0. The number of carbonyl (C=O) groups is 4. The van der Waals surface area contributed by atoms with Crippen LogP contribution in [0.3, 0.4) is 0 Å². The summed E-state index contributed by atoms with van der Waals surface area (Å²) in [6.07, 6.45) is 98.6. The number of phosphoric ester groups is 2. The van der Waals surface area contributed by atoms with Crippen molar-refractivity contribution in [3.05, 3.63) is 182 Å². The fourth-order valence-corrected chi connectivity index (χ4v) is 12.1. The number of carbonyl (C=O) groups excluding carboxylic acids is 4. The van der Waals surface area contributed by atoms with Crippen molar-refractivity contribution in [3.8, 4) is 0 Å². The molecular formula is C91H148O17P2. The van der Waals surface area contributed by atoms with Gasteiger partial charge < -0.3 is 33.8 Å². The SMILES string of the molecule is CC/C=C\C/C=C\C/C=C\C/C=C\C/C=C\CCCCCC(=O)OCC(COP(=O)(O)OCC(O)COP(=O)(O)OCC(COC(=O)CCCCCCCC/C=C\C/C=C\C/C=C\CCCCC)OC(=O)CCC/C=C\C/C=C\C/C=C\C/C=C\C/C=C\CC)OC(=O)CCCCCCC/C=C\C/C=C\CCCCC. The predicted octanol–water partition coefficient (Wildman–Crippen LogP) is 25.1. The molecule has 0 spiro atoms. The topological polar surface area (TPSA) is 237 Å². The molecule has 19 heteroatoms. The van der Waals surface area contributed by atoms with Crippen LogP contribution in [-0.2, 0) is 65.4 Å². The van der Waals surface area contributed by atoms with Gasteiger partial charge >= 0.3 is 39.5 Å². The third kappa shape index (κ3) is 80.2. The molecule has 0 saturated heterocycles. The molecule has 3 N–H and O–H groups in total. The number of aliphatic hydroxyl groups is 1. The van der Waals surface area contributed by atoms with Crippen molar-refractivity contribution in [2.45, 2.75) is 329 Å². The maximum atomic E-state index is 13.1. The average Bonchev–Trinajstić information content (AvgIpc) is 0.899. The summed E-state index contributed by atoms with van der Waals surface area (Å²) in [7, 11) is -10.0. The number of unbranched alkanes of at least 4 members (excludes halogenated alkanes) is 21. The molecular weight excluding hydrogens is 1430 g/mol. The Labute approximate surface area is 666 Å². The molecule has 0 aromatic rings. The minimum atomic E-state index is -5.01. The van der Waals surface area contributed by atoms with E-state index in [1.165, 1.54) is 38.5 Å². The molecule has 0 rings (SSSR count). The first kappa shape index (κ1) is 104. The first-order valence-corrected chi connectivity index (χ1v) is 45.0. The first-order chi connectivity index (χ1) is 53.7. The van der Waals surface area contributed by atoms with Crippen molar-refractivity contribution in [2.24, 2.45) is 0 Å². The highest BCUT2D eigenvalue weighted by molar-refractivity contribution is 7.47. The smallest absolute Gasteiger partial charge is 0.462 e. The highest BCUT2D eigenvalue weighted by atomic mass is 31.2. The second kappa shape index (κ2) is 81.2. The highest BCUT2D eigenvalue weighted by Gasteiger charge is 2.30. The lowest BCUT2D eigenvalue weighted by molar-refractivity contribution is -0.161. The molecule has 0 saturated carbocycles. The number of rotatable bonds is 77. The van der Waals surface area contributed by atoms with E-state index in [9.17, 15) is 43.2 Å². The number of phosphoric acid groups is 2. The first-order valence-electron chi connectivity index (χ1n) is 42.0. The van der Waals surface area contributed by atoms with Gasteiger partial charge in [-0.15, -0.1) is 0 Å². The van der Waals surface area contributed by atoms with Crippen LogP contribution in [0.25, 0.3) is 0 Å². The Morgan fingerprint density at radius 1 is 0.264 bits per heavy atom. The van der Waals surface area contributed by atoms with Gasteiger partial charge in [-0.2, -0.15) is 0 Å². The van der Waals surface area contributed by atoms with Crippen LogP contribution < -0.4 is 0 Å². The van der Waals surface area contributed by atoms with Gasteiger partial charge in [-0.1, -0.05) is 287 Å². The van der Waals surface area contributed by atoms with Crippen molar-refractivity contribution in [1.82, 2.24) is 0 Å². The number of ether oxygens (including phenoxy) is 4. The molecule has 0 aliphatic rings. The average molecular weight is 1580 g/mol. The summed E-state index contributed by atoms with van der Waals surface area (Å²) < 4.78 is 68.7. The van der Waals surface area contributed by atoms with Gasteiger partial charge in [0.25, 0.3) is 0 Å². The van der Waals surface area contributed by atoms with E-state index >= 15 is 0 Å². The van der Waals surface area contributed by atoms with Crippen molar-refractivity contribution in [2.75, 3.05) is 39.6 Å². The van der Waals surface area contributed by atoms with Crippen molar-refractivity contribution < 1.29 is 80.2 Å². The molecule has 0 aliphatic carbocycles. The number of hydrogen-bond acceptors (Lipinski definition) is 15. The third-order valence-electron chi connectivity index (χ3n) is 16.8. The maximum absolute atomic E-state index is 13.1. The molecule has 0 amide bonds. The maximum Gasteiger partial charge on any atom is 0.472 e. The molecule has 624 valence electrons. The molecule has 0 aliphatic heterocycles. The van der Waals surface area contributed by atoms with Gasteiger partial charge in [-0.05, 0) is 180 Å².